The SMILES string of the molecule is Cc1ccc(N2C(=O)/C(=C\c3ccc4c(c3)OCO4)N=C2SCC(=O)NC(C)(C)C)cc1. The van der Waals surface area contributed by atoms with Crippen LogP contribution in [-0.4, -0.2) is 35.1 Å². The number of benzene rings is 2. The van der Waals surface area contributed by atoms with Gasteiger partial charge in [0.25, 0.3) is 5.91 Å². The van der Waals surface area contributed by atoms with E-state index in [0.29, 0.717) is 28.1 Å². The molecule has 166 valence electrons. The normalized spacial score (nSPS) is 16.5. The summed E-state index contributed by atoms with van der Waals surface area (Å²) >= 11 is 1.24. The number of amides is 2. The van der Waals surface area contributed by atoms with Crippen LogP contribution in [0.5, 0.6) is 11.5 Å². The van der Waals surface area contributed by atoms with E-state index in [1.165, 1.54) is 11.8 Å². The van der Waals surface area contributed by atoms with Crippen molar-refractivity contribution in [1.29, 1.82) is 0 Å². The van der Waals surface area contributed by atoms with Crippen LogP contribution in [0.1, 0.15) is 31.9 Å². The van der Waals surface area contributed by atoms with Gasteiger partial charge in [0.15, 0.2) is 16.7 Å². The standard InChI is InChI=1S/C24H25N3O4S/c1-15-5-8-17(9-6-15)27-22(29)18(11-16-7-10-19-20(12-16)31-14-30-19)25-23(27)32-13-21(28)26-24(2,3)4/h5-12H,13-14H2,1-4H3,(H,26,28)/b18-11+. The summed E-state index contributed by atoms with van der Waals surface area (Å²) in [4.78, 5) is 31.7. The van der Waals surface area contributed by atoms with Gasteiger partial charge in [-0.2, -0.15) is 0 Å². The first-order chi connectivity index (χ1) is 15.2. The molecule has 2 aromatic rings. The van der Waals surface area contributed by atoms with Crippen molar-refractivity contribution >= 4 is 40.5 Å². The minimum Gasteiger partial charge on any atom is -0.454 e. The third-order valence-corrected chi connectivity index (χ3v) is 5.61. The molecular formula is C24H25N3O4S. The summed E-state index contributed by atoms with van der Waals surface area (Å²) in [5, 5.41) is 3.40. The summed E-state index contributed by atoms with van der Waals surface area (Å²) in [6.45, 7) is 7.96. The molecule has 0 unspecified atom stereocenters. The van der Waals surface area contributed by atoms with E-state index >= 15 is 0 Å². The number of carbonyl (C=O) groups is 2. The maximum Gasteiger partial charge on any atom is 0.283 e. The van der Waals surface area contributed by atoms with E-state index in [0.717, 1.165) is 11.1 Å². The van der Waals surface area contributed by atoms with Crippen molar-refractivity contribution in [1.82, 2.24) is 5.32 Å². The summed E-state index contributed by atoms with van der Waals surface area (Å²) < 4.78 is 10.8. The van der Waals surface area contributed by atoms with Crippen molar-refractivity contribution in [3.8, 4) is 11.5 Å². The van der Waals surface area contributed by atoms with E-state index in [-0.39, 0.29) is 29.9 Å². The lowest BCUT2D eigenvalue weighted by molar-refractivity contribution is -0.120. The molecular weight excluding hydrogens is 426 g/mol. The molecule has 0 aliphatic carbocycles. The maximum atomic E-state index is 13.3. The van der Waals surface area contributed by atoms with Crippen LogP contribution in [0, 0.1) is 6.92 Å². The highest BCUT2D eigenvalue weighted by molar-refractivity contribution is 8.14. The first kappa shape index (κ1) is 22.0. The number of ether oxygens (including phenoxy) is 2. The van der Waals surface area contributed by atoms with Gasteiger partial charge in [-0.25, -0.2) is 4.99 Å². The molecule has 2 amide bonds. The van der Waals surface area contributed by atoms with Crippen LogP contribution < -0.4 is 19.7 Å². The average molecular weight is 452 g/mol. The number of thioether (sulfide) groups is 1. The number of hydrogen-bond acceptors (Lipinski definition) is 6. The molecule has 4 rings (SSSR count). The Balaban J connectivity index is 1.62. The van der Waals surface area contributed by atoms with Gasteiger partial charge in [0.1, 0.15) is 5.70 Å². The molecule has 2 aliphatic heterocycles. The number of anilines is 1. The van der Waals surface area contributed by atoms with Gasteiger partial charge in [0.2, 0.25) is 12.7 Å². The van der Waals surface area contributed by atoms with Crippen LogP contribution in [0.15, 0.2) is 53.2 Å². The summed E-state index contributed by atoms with van der Waals surface area (Å²) in [6.07, 6.45) is 1.72. The number of hydrogen-bond donors (Lipinski definition) is 1. The van der Waals surface area contributed by atoms with Crippen molar-refractivity contribution in [2.45, 2.75) is 33.2 Å². The number of fused-ring (bicyclic) bond motifs is 1. The van der Waals surface area contributed by atoms with Gasteiger partial charge in [-0.3, -0.25) is 14.5 Å². The van der Waals surface area contributed by atoms with Crippen LogP contribution in [0.25, 0.3) is 6.08 Å². The molecule has 2 aromatic carbocycles. The molecule has 2 heterocycles. The molecule has 7 nitrogen and oxygen atoms in total. The van der Waals surface area contributed by atoms with Gasteiger partial charge in [-0.15, -0.1) is 0 Å². The second-order valence-electron chi connectivity index (χ2n) is 8.60. The fraction of sp³-hybridized carbons (Fsp3) is 0.292. The van der Waals surface area contributed by atoms with Gasteiger partial charge < -0.3 is 14.8 Å². The monoisotopic (exact) mass is 451 g/mol. The van der Waals surface area contributed by atoms with Crippen LogP contribution in [0.4, 0.5) is 5.69 Å². The molecule has 8 heteroatoms. The van der Waals surface area contributed by atoms with E-state index in [1.807, 2.05) is 70.2 Å². The second-order valence-corrected chi connectivity index (χ2v) is 9.54. The predicted octanol–water partition coefficient (Wildman–Crippen LogP) is 4.12. The van der Waals surface area contributed by atoms with Crippen molar-refractivity contribution in [3.05, 3.63) is 59.3 Å². The summed E-state index contributed by atoms with van der Waals surface area (Å²) in [6, 6.07) is 13.1. The quantitative estimate of drug-likeness (QED) is 0.708. The number of aliphatic imine (C=N–C) groups is 1. The van der Waals surface area contributed by atoms with E-state index in [9.17, 15) is 9.59 Å². The van der Waals surface area contributed by atoms with E-state index in [1.54, 1.807) is 11.0 Å². The zero-order valence-corrected chi connectivity index (χ0v) is 19.3. The van der Waals surface area contributed by atoms with E-state index in [2.05, 4.69) is 10.3 Å². The molecule has 0 saturated heterocycles. The fourth-order valence-corrected chi connectivity index (χ4v) is 4.07. The molecule has 0 fully saturated rings. The minimum absolute atomic E-state index is 0.116. The zero-order chi connectivity index (χ0) is 22.9. The van der Waals surface area contributed by atoms with Crippen molar-refractivity contribution in [2.24, 2.45) is 4.99 Å². The summed E-state index contributed by atoms with van der Waals surface area (Å²) in [5.41, 5.74) is 2.54. The molecule has 0 saturated carbocycles. The molecule has 0 bridgehead atoms. The highest BCUT2D eigenvalue weighted by Crippen LogP contribution is 2.34. The van der Waals surface area contributed by atoms with Crippen LogP contribution in [-0.2, 0) is 9.59 Å². The Morgan fingerprint density at radius 2 is 1.88 bits per heavy atom. The molecule has 2 aliphatic rings. The van der Waals surface area contributed by atoms with Crippen LogP contribution >= 0.6 is 11.8 Å². The van der Waals surface area contributed by atoms with Gasteiger partial charge in [-0.05, 0) is 63.6 Å². The summed E-state index contributed by atoms with van der Waals surface area (Å²) in [7, 11) is 0. The first-order valence-electron chi connectivity index (χ1n) is 10.2. The minimum atomic E-state index is -0.327. The lowest BCUT2D eigenvalue weighted by Crippen LogP contribution is -2.42. The predicted molar refractivity (Wildman–Crippen MR) is 127 cm³/mol. The number of aryl methyl sites for hydroxylation is 1. The van der Waals surface area contributed by atoms with Gasteiger partial charge in [0, 0.05) is 5.54 Å². The number of amidine groups is 1. The lowest BCUT2D eigenvalue weighted by atomic mass is 10.1. The lowest BCUT2D eigenvalue weighted by Gasteiger charge is -2.21. The number of carbonyl (C=O) groups excluding carboxylic acids is 2. The zero-order valence-electron chi connectivity index (χ0n) is 18.5. The van der Waals surface area contributed by atoms with E-state index in [4.69, 9.17) is 9.47 Å². The van der Waals surface area contributed by atoms with Gasteiger partial charge in [-0.1, -0.05) is 35.5 Å². The molecule has 0 aromatic heterocycles. The van der Waals surface area contributed by atoms with Crippen molar-refractivity contribution in [2.75, 3.05) is 17.4 Å². The molecule has 0 atom stereocenters. The Kier molecular flexibility index (Phi) is 5.97. The van der Waals surface area contributed by atoms with E-state index < -0.39 is 0 Å². The van der Waals surface area contributed by atoms with Crippen molar-refractivity contribution < 1.29 is 19.1 Å². The summed E-state index contributed by atoms with van der Waals surface area (Å²) in [5.74, 6) is 1.11. The van der Waals surface area contributed by atoms with Crippen LogP contribution in [0.2, 0.25) is 0 Å². The Hall–Kier alpha value is -3.26. The Labute approximate surface area is 191 Å². The average Bonchev–Trinajstić information content (AvgIpc) is 3.30. The largest absolute Gasteiger partial charge is 0.454 e. The Bertz CT molecular complexity index is 1120. The molecule has 32 heavy (non-hydrogen) atoms. The van der Waals surface area contributed by atoms with Gasteiger partial charge >= 0.3 is 0 Å². The van der Waals surface area contributed by atoms with Gasteiger partial charge in [0.05, 0.1) is 11.4 Å². The first-order valence-corrected chi connectivity index (χ1v) is 11.2. The molecule has 0 spiro atoms. The fourth-order valence-electron chi connectivity index (χ4n) is 3.26. The van der Waals surface area contributed by atoms with Crippen molar-refractivity contribution in [3.63, 3.8) is 0 Å². The Morgan fingerprint density at radius 1 is 1.16 bits per heavy atom. The van der Waals surface area contributed by atoms with Crippen LogP contribution in [0.3, 0.4) is 0 Å². The number of nitrogens with one attached hydrogen (secondary N) is 1. The highest BCUT2D eigenvalue weighted by Gasteiger charge is 2.32. The third kappa shape index (κ3) is 4.96. The molecule has 0 radical (unpaired) electrons. The second kappa shape index (κ2) is 8.70. The number of rotatable bonds is 4. The smallest absolute Gasteiger partial charge is 0.283 e. The topological polar surface area (TPSA) is 80.2 Å². The highest BCUT2D eigenvalue weighted by atomic mass is 32.2. The number of nitrogens with zero attached hydrogens (tertiary/aromatic N) is 2. The Morgan fingerprint density at radius 3 is 2.59 bits per heavy atom. The molecule has 1 N–H and O–H groups in total. The maximum absolute atomic E-state index is 13.3. The third-order valence-electron chi connectivity index (χ3n) is 4.67.